The molecule has 0 bridgehead atoms. The van der Waals surface area contributed by atoms with Crippen LogP contribution < -0.4 is 0 Å². The zero-order chi connectivity index (χ0) is 10.8. The molecule has 0 aromatic heterocycles. The Morgan fingerprint density at radius 1 is 1.36 bits per heavy atom. The summed E-state index contributed by atoms with van der Waals surface area (Å²) in [4.78, 5) is -0.0437. The molecule has 1 aromatic rings. The summed E-state index contributed by atoms with van der Waals surface area (Å²) in [7, 11) is -3.39. The summed E-state index contributed by atoms with van der Waals surface area (Å²) in [5, 5.41) is 0. The average molecular weight is 220 g/mol. The molecule has 0 unspecified atom stereocenters. The molecule has 0 amide bonds. The number of sulfone groups is 1. The number of rotatable bonds is 3. The Morgan fingerprint density at radius 2 is 2.00 bits per heavy atom. The lowest BCUT2D eigenvalue weighted by atomic mass is 10.2. The van der Waals surface area contributed by atoms with Gasteiger partial charge in [-0.1, -0.05) is 19.1 Å². The third-order valence-corrected chi connectivity index (χ3v) is 3.58. The van der Waals surface area contributed by atoms with E-state index in [9.17, 15) is 17.2 Å². The fraction of sp³-hybridized carbons (Fsp3) is 0.333. The van der Waals surface area contributed by atoms with Crippen LogP contribution in [0.4, 0.5) is 8.78 Å². The number of hydrogen-bond donors (Lipinski definition) is 0. The second kappa shape index (κ2) is 4.04. The Hall–Kier alpha value is -0.970. The highest BCUT2D eigenvalue weighted by Gasteiger charge is 2.14. The monoisotopic (exact) mass is 220 g/mol. The molecule has 0 heterocycles. The van der Waals surface area contributed by atoms with Crippen molar-refractivity contribution >= 4 is 9.84 Å². The Balaban J connectivity index is 3.19. The standard InChI is InChI=1S/C9H10F2O2S/c1-2-14(12,13)8-5-3-4-7(6-8)9(10)11/h3-6,9H,2H2,1H3. The van der Waals surface area contributed by atoms with Crippen LogP contribution in [0.5, 0.6) is 0 Å². The van der Waals surface area contributed by atoms with E-state index in [1.807, 2.05) is 0 Å². The first kappa shape index (κ1) is 11.1. The summed E-state index contributed by atoms with van der Waals surface area (Å²) in [5.41, 5.74) is -0.264. The van der Waals surface area contributed by atoms with Crippen molar-refractivity contribution in [3.8, 4) is 0 Å². The minimum Gasteiger partial charge on any atom is -0.224 e. The molecule has 0 atom stereocenters. The summed E-state index contributed by atoms with van der Waals surface area (Å²) in [6.07, 6.45) is -2.64. The lowest BCUT2D eigenvalue weighted by molar-refractivity contribution is 0.151. The van der Waals surface area contributed by atoms with Gasteiger partial charge in [-0.25, -0.2) is 17.2 Å². The molecule has 0 aliphatic carbocycles. The van der Waals surface area contributed by atoms with Gasteiger partial charge in [-0.15, -0.1) is 0 Å². The van der Waals surface area contributed by atoms with Crippen LogP contribution in [0.1, 0.15) is 18.9 Å². The average Bonchev–Trinajstić information content (AvgIpc) is 2.18. The van der Waals surface area contributed by atoms with Crippen LogP contribution in [0, 0.1) is 0 Å². The van der Waals surface area contributed by atoms with Gasteiger partial charge in [0.15, 0.2) is 9.84 Å². The molecule has 0 saturated carbocycles. The summed E-state index contributed by atoms with van der Waals surface area (Å²) >= 11 is 0. The molecule has 5 heteroatoms. The van der Waals surface area contributed by atoms with Crippen LogP contribution in [0.15, 0.2) is 29.2 Å². The van der Waals surface area contributed by atoms with Crippen LogP contribution >= 0.6 is 0 Å². The SMILES string of the molecule is CCS(=O)(=O)c1cccc(C(F)F)c1. The van der Waals surface area contributed by atoms with Gasteiger partial charge in [-0.05, 0) is 12.1 Å². The predicted molar refractivity (Wildman–Crippen MR) is 49.1 cm³/mol. The third kappa shape index (κ3) is 2.29. The van der Waals surface area contributed by atoms with Crippen molar-refractivity contribution in [2.75, 3.05) is 5.75 Å². The normalized spacial score (nSPS) is 12.0. The molecule has 0 aliphatic rings. The number of benzene rings is 1. The minimum atomic E-state index is -3.39. The van der Waals surface area contributed by atoms with Crippen molar-refractivity contribution in [3.05, 3.63) is 29.8 Å². The molecule has 0 aliphatic heterocycles. The molecule has 0 radical (unpaired) electrons. The maximum atomic E-state index is 12.2. The second-order valence-electron chi connectivity index (χ2n) is 2.78. The van der Waals surface area contributed by atoms with Gasteiger partial charge >= 0.3 is 0 Å². The first-order chi connectivity index (χ1) is 6.47. The first-order valence-corrected chi connectivity index (χ1v) is 5.73. The highest BCUT2D eigenvalue weighted by Crippen LogP contribution is 2.21. The van der Waals surface area contributed by atoms with Crippen molar-refractivity contribution in [1.82, 2.24) is 0 Å². The van der Waals surface area contributed by atoms with E-state index in [1.165, 1.54) is 25.1 Å². The summed E-state index contributed by atoms with van der Waals surface area (Å²) in [6, 6.07) is 4.87. The number of halogens is 2. The van der Waals surface area contributed by atoms with Crippen LogP contribution in [0.3, 0.4) is 0 Å². The van der Waals surface area contributed by atoms with Crippen LogP contribution in [-0.4, -0.2) is 14.2 Å². The maximum absolute atomic E-state index is 12.2. The molecule has 1 aromatic carbocycles. The van der Waals surface area contributed by atoms with E-state index in [2.05, 4.69) is 0 Å². The molecule has 0 saturated heterocycles. The van der Waals surface area contributed by atoms with Gasteiger partial charge in [0, 0.05) is 5.56 Å². The summed E-state index contributed by atoms with van der Waals surface area (Å²) in [6.45, 7) is 1.48. The number of alkyl halides is 2. The molecule has 0 N–H and O–H groups in total. The largest absolute Gasteiger partial charge is 0.263 e. The van der Waals surface area contributed by atoms with Gasteiger partial charge in [-0.3, -0.25) is 0 Å². The van der Waals surface area contributed by atoms with E-state index >= 15 is 0 Å². The maximum Gasteiger partial charge on any atom is 0.263 e. The van der Waals surface area contributed by atoms with E-state index in [1.54, 1.807) is 0 Å². The third-order valence-electron chi connectivity index (χ3n) is 1.85. The van der Waals surface area contributed by atoms with Gasteiger partial charge in [0.1, 0.15) is 0 Å². The Bertz CT molecular complexity index is 413. The Labute approximate surface area is 81.5 Å². The minimum absolute atomic E-state index is 0.0437. The lowest BCUT2D eigenvalue weighted by Gasteiger charge is -2.03. The first-order valence-electron chi connectivity index (χ1n) is 4.08. The molecular formula is C9H10F2O2S. The predicted octanol–water partition coefficient (Wildman–Crippen LogP) is 2.42. The van der Waals surface area contributed by atoms with E-state index in [-0.39, 0.29) is 16.2 Å². The lowest BCUT2D eigenvalue weighted by Crippen LogP contribution is -2.04. The molecule has 2 nitrogen and oxygen atoms in total. The fourth-order valence-electron chi connectivity index (χ4n) is 1.01. The topological polar surface area (TPSA) is 34.1 Å². The van der Waals surface area contributed by atoms with Crippen molar-refractivity contribution < 1.29 is 17.2 Å². The quantitative estimate of drug-likeness (QED) is 0.783. The van der Waals surface area contributed by atoms with E-state index in [4.69, 9.17) is 0 Å². The Morgan fingerprint density at radius 3 is 2.50 bits per heavy atom. The smallest absolute Gasteiger partial charge is 0.224 e. The molecular weight excluding hydrogens is 210 g/mol. The van der Waals surface area contributed by atoms with Gasteiger partial charge in [-0.2, -0.15) is 0 Å². The highest BCUT2D eigenvalue weighted by atomic mass is 32.2. The highest BCUT2D eigenvalue weighted by molar-refractivity contribution is 7.91. The van der Waals surface area contributed by atoms with Crippen molar-refractivity contribution in [2.24, 2.45) is 0 Å². The van der Waals surface area contributed by atoms with Gasteiger partial charge in [0.25, 0.3) is 6.43 Å². The molecule has 14 heavy (non-hydrogen) atoms. The summed E-state index contributed by atoms with van der Waals surface area (Å²) in [5.74, 6) is -0.0836. The number of hydrogen-bond acceptors (Lipinski definition) is 2. The van der Waals surface area contributed by atoms with Crippen molar-refractivity contribution in [3.63, 3.8) is 0 Å². The fourth-order valence-corrected chi connectivity index (χ4v) is 1.95. The molecule has 0 spiro atoms. The zero-order valence-corrected chi connectivity index (χ0v) is 8.39. The van der Waals surface area contributed by atoms with E-state index < -0.39 is 16.3 Å². The van der Waals surface area contributed by atoms with Crippen molar-refractivity contribution in [1.29, 1.82) is 0 Å². The van der Waals surface area contributed by atoms with E-state index in [0.717, 1.165) is 6.07 Å². The molecule has 78 valence electrons. The van der Waals surface area contributed by atoms with Crippen LogP contribution in [-0.2, 0) is 9.84 Å². The molecule has 0 fully saturated rings. The van der Waals surface area contributed by atoms with Gasteiger partial charge in [0.05, 0.1) is 10.6 Å². The van der Waals surface area contributed by atoms with Crippen molar-refractivity contribution in [2.45, 2.75) is 18.2 Å². The Kier molecular flexibility index (Phi) is 3.21. The van der Waals surface area contributed by atoms with Crippen LogP contribution in [0.2, 0.25) is 0 Å². The zero-order valence-electron chi connectivity index (χ0n) is 7.57. The second-order valence-corrected chi connectivity index (χ2v) is 5.05. The van der Waals surface area contributed by atoms with Gasteiger partial charge < -0.3 is 0 Å². The van der Waals surface area contributed by atoms with Gasteiger partial charge in [0.2, 0.25) is 0 Å². The van der Waals surface area contributed by atoms with Crippen LogP contribution in [0.25, 0.3) is 0 Å². The van der Waals surface area contributed by atoms with E-state index in [0.29, 0.717) is 0 Å². The molecule has 1 rings (SSSR count). The summed E-state index contributed by atoms with van der Waals surface area (Å²) < 4.78 is 47.2.